The molecule has 0 radical (unpaired) electrons. The number of hydrogen-bond donors (Lipinski definition) is 0. The van der Waals surface area contributed by atoms with Crippen LogP contribution in [0.4, 0.5) is 0 Å². The molecule has 0 aromatic heterocycles. The average Bonchev–Trinajstić information content (AvgIpc) is 2.11. The highest BCUT2D eigenvalue weighted by atomic mass is 16.5. The normalized spacial score (nSPS) is 12.8. The molecule has 2 nitrogen and oxygen atoms in total. The van der Waals surface area contributed by atoms with Crippen molar-refractivity contribution >= 4 is 6.29 Å². The van der Waals surface area contributed by atoms with Crippen LogP contribution in [-0.2, 0) is 9.53 Å². The summed E-state index contributed by atoms with van der Waals surface area (Å²) in [6.45, 7) is 2.88. The van der Waals surface area contributed by atoms with Crippen LogP contribution in [0.1, 0.15) is 39.0 Å². The maximum Gasteiger partial charge on any atom is 0.123 e. The molecule has 0 fully saturated rings. The van der Waals surface area contributed by atoms with Gasteiger partial charge in [0, 0.05) is 19.6 Å². The van der Waals surface area contributed by atoms with E-state index in [2.05, 4.69) is 6.92 Å². The first kappa shape index (κ1) is 11.6. The third-order valence-electron chi connectivity index (χ3n) is 2.06. The molecule has 2 heteroatoms. The molecule has 0 rings (SSSR count). The summed E-state index contributed by atoms with van der Waals surface area (Å²) < 4.78 is 4.92. The summed E-state index contributed by atoms with van der Waals surface area (Å²) in [5.41, 5.74) is 0. The van der Waals surface area contributed by atoms with Gasteiger partial charge >= 0.3 is 0 Å². The molecule has 0 amide bonds. The summed E-state index contributed by atoms with van der Waals surface area (Å²) in [7, 11) is 1.67. The lowest BCUT2D eigenvalue weighted by Gasteiger charge is -2.08. The number of unbranched alkanes of at least 4 members (excludes halogenated alkanes) is 2. The van der Waals surface area contributed by atoms with Gasteiger partial charge in [0.15, 0.2) is 0 Å². The lowest BCUT2D eigenvalue weighted by atomic mass is 10.00. The highest BCUT2D eigenvalue weighted by molar-refractivity contribution is 5.53. The lowest BCUT2D eigenvalue weighted by molar-refractivity contribution is -0.111. The number of ether oxygens (including phenoxy) is 1. The van der Waals surface area contributed by atoms with Crippen molar-refractivity contribution in [3.8, 4) is 0 Å². The van der Waals surface area contributed by atoms with E-state index < -0.39 is 0 Å². The van der Waals surface area contributed by atoms with E-state index in [1.807, 2.05) is 0 Å². The van der Waals surface area contributed by atoms with E-state index in [1.54, 1.807) is 7.11 Å². The van der Waals surface area contributed by atoms with Gasteiger partial charge in [0.1, 0.15) is 6.29 Å². The Morgan fingerprint density at radius 2 is 2.08 bits per heavy atom. The fourth-order valence-electron chi connectivity index (χ4n) is 1.21. The van der Waals surface area contributed by atoms with Crippen LogP contribution in [0.3, 0.4) is 0 Å². The first-order valence-corrected chi connectivity index (χ1v) is 4.79. The molecule has 0 aromatic carbocycles. The Kier molecular flexibility index (Phi) is 8.46. The van der Waals surface area contributed by atoms with Crippen molar-refractivity contribution in [2.24, 2.45) is 5.92 Å². The van der Waals surface area contributed by atoms with Crippen molar-refractivity contribution in [2.45, 2.75) is 39.0 Å². The zero-order valence-electron chi connectivity index (χ0n) is 8.21. The molecular formula is C10H20O2. The molecule has 0 aliphatic rings. The van der Waals surface area contributed by atoms with Crippen molar-refractivity contribution in [2.75, 3.05) is 13.7 Å². The molecule has 0 bridgehead atoms. The van der Waals surface area contributed by atoms with E-state index in [4.69, 9.17) is 4.74 Å². The molecule has 0 aromatic rings. The van der Waals surface area contributed by atoms with E-state index in [0.29, 0.717) is 6.61 Å². The monoisotopic (exact) mass is 172 g/mol. The fraction of sp³-hybridized carbons (Fsp3) is 0.900. The van der Waals surface area contributed by atoms with E-state index in [1.165, 1.54) is 19.3 Å². The van der Waals surface area contributed by atoms with Crippen molar-refractivity contribution in [1.82, 2.24) is 0 Å². The maximum absolute atomic E-state index is 10.5. The highest BCUT2D eigenvalue weighted by Gasteiger charge is 2.05. The summed E-state index contributed by atoms with van der Waals surface area (Å²) >= 11 is 0. The topological polar surface area (TPSA) is 26.3 Å². The third kappa shape index (κ3) is 6.35. The standard InChI is InChI=1S/C10H20O2/c1-3-4-5-6-10(9-11)7-8-12-2/h9-10H,3-8H2,1-2H3/t10-/m0/s1. The van der Waals surface area contributed by atoms with Gasteiger partial charge in [0.25, 0.3) is 0 Å². The van der Waals surface area contributed by atoms with Gasteiger partial charge in [-0.05, 0) is 12.8 Å². The first-order valence-electron chi connectivity index (χ1n) is 4.79. The van der Waals surface area contributed by atoms with Gasteiger partial charge in [0.05, 0.1) is 0 Å². The number of carbonyl (C=O) groups excluding carboxylic acids is 1. The lowest BCUT2D eigenvalue weighted by Crippen LogP contribution is -2.05. The summed E-state index contributed by atoms with van der Waals surface area (Å²) in [5, 5.41) is 0. The smallest absolute Gasteiger partial charge is 0.123 e. The summed E-state index contributed by atoms with van der Waals surface area (Å²) in [6, 6.07) is 0. The minimum Gasteiger partial charge on any atom is -0.385 e. The highest BCUT2D eigenvalue weighted by Crippen LogP contribution is 2.11. The quantitative estimate of drug-likeness (QED) is 0.415. The van der Waals surface area contributed by atoms with Crippen LogP contribution in [0.2, 0.25) is 0 Å². The Balaban J connectivity index is 3.32. The summed E-state index contributed by atoms with van der Waals surface area (Å²) in [6.07, 6.45) is 6.59. The Bertz CT molecular complexity index is 102. The van der Waals surface area contributed by atoms with E-state index in [9.17, 15) is 4.79 Å². The minimum atomic E-state index is 0.219. The van der Waals surface area contributed by atoms with Crippen molar-refractivity contribution in [3.63, 3.8) is 0 Å². The van der Waals surface area contributed by atoms with E-state index >= 15 is 0 Å². The first-order chi connectivity index (χ1) is 5.85. The van der Waals surface area contributed by atoms with Gasteiger partial charge in [0.2, 0.25) is 0 Å². The Morgan fingerprint density at radius 1 is 1.33 bits per heavy atom. The second kappa shape index (κ2) is 8.72. The van der Waals surface area contributed by atoms with Crippen LogP contribution in [0.5, 0.6) is 0 Å². The van der Waals surface area contributed by atoms with Crippen LogP contribution in [0, 0.1) is 5.92 Å². The predicted molar refractivity (Wildman–Crippen MR) is 50.2 cm³/mol. The molecule has 0 aliphatic heterocycles. The fourth-order valence-corrected chi connectivity index (χ4v) is 1.21. The SMILES string of the molecule is CCCCC[C@H](C=O)CCOC. The number of aldehydes is 1. The van der Waals surface area contributed by atoms with Crippen LogP contribution in [0.15, 0.2) is 0 Å². The Labute approximate surface area is 75.3 Å². The van der Waals surface area contributed by atoms with Crippen molar-refractivity contribution in [3.05, 3.63) is 0 Å². The van der Waals surface area contributed by atoms with Crippen molar-refractivity contribution in [1.29, 1.82) is 0 Å². The second-order valence-corrected chi connectivity index (χ2v) is 3.17. The third-order valence-corrected chi connectivity index (χ3v) is 2.06. The van der Waals surface area contributed by atoms with Crippen LogP contribution in [0.25, 0.3) is 0 Å². The van der Waals surface area contributed by atoms with Gasteiger partial charge in [-0.25, -0.2) is 0 Å². The zero-order valence-corrected chi connectivity index (χ0v) is 8.21. The Hall–Kier alpha value is -0.370. The Morgan fingerprint density at radius 3 is 2.58 bits per heavy atom. The minimum absolute atomic E-state index is 0.219. The molecule has 12 heavy (non-hydrogen) atoms. The largest absolute Gasteiger partial charge is 0.385 e. The summed E-state index contributed by atoms with van der Waals surface area (Å²) in [5.74, 6) is 0.219. The van der Waals surface area contributed by atoms with Gasteiger partial charge in [-0.1, -0.05) is 26.2 Å². The molecule has 0 saturated carbocycles. The predicted octanol–water partition coefficient (Wildman–Crippen LogP) is 2.42. The molecule has 0 aliphatic carbocycles. The maximum atomic E-state index is 10.5. The molecule has 0 N–H and O–H groups in total. The van der Waals surface area contributed by atoms with Crippen LogP contribution >= 0.6 is 0 Å². The number of hydrogen-bond acceptors (Lipinski definition) is 2. The molecule has 1 atom stereocenters. The number of carbonyl (C=O) groups is 1. The second-order valence-electron chi connectivity index (χ2n) is 3.17. The molecule has 0 heterocycles. The summed E-state index contributed by atoms with van der Waals surface area (Å²) in [4.78, 5) is 10.5. The van der Waals surface area contributed by atoms with Crippen LogP contribution in [-0.4, -0.2) is 20.0 Å². The van der Waals surface area contributed by atoms with E-state index in [0.717, 1.165) is 19.1 Å². The van der Waals surface area contributed by atoms with Crippen LogP contribution < -0.4 is 0 Å². The molecule has 0 saturated heterocycles. The van der Waals surface area contributed by atoms with Gasteiger partial charge < -0.3 is 9.53 Å². The molecule has 0 unspecified atom stereocenters. The molecule has 0 spiro atoms. The number of methoxy groups -OCH3 is 1. The zero-order chi connectivity index (χ0) is 9.23. The van der Waals surface area contributed by atoms with Gasteiger partial charge in [-0.2, -0.15) is 0 Å². The molecule has 72 valence electrons. The van der Waals surface area contributed by atoms with Crippen molar-refractivity contribution < 1.29 is 9.53 Å². The molecular weight excluding hydrogens is 152 g/mol. The van der Waals surface area contributed by atoms with Gasteiger partial charge in [-0.15, -0.1) is 0 Å². The average molecular weight is 172 g/mol. The number of rotatable bonds is 8. The van der Waals surface area contributed by atoms with E-state index in [-0.39, 0.29) is 5.92 Å². The van der Waals surface area contributed by atoms with Gasteiger partial charge in [-0.3, -0.25) is 0 Å².